The summed E-state index contributed by atoms with van der Waals surface area (Å²) in [6, 6.07) is 12.9. The van der Waals surface area contributed by atoms with Gasteiger partial charge in [0.25, 0.3) is 0 Å². The highest BCUT2D eigenvalue weighted by Crippen LogP contribution is 2.22. The summed E-state index contributed by atoms with van der Waals surface area (Å²) in [5, 5.41) is 0. The molecule has 16 heavy (non-hydrogen) atoms. The lowest BCUT2D eigenvalue weighted by Crippen LogP contribution is -1.97. The van der Waals surface area contributed by atoms with E-state index in [2.05, 4.69) is 0 Å². The zero-order valence-electron chi connectivity index (χ0n) is 9.20. The number of nitrogens with two attached hydrogens (primary N) is 1. The Balaban J connectivity index is 2.51. The molecule has 0 aliphatic rings. The lowest BCUT2D eigenvalue weighted by atomic mass is 10.0. The van der Waals surface area contributed by atoms with Crippen molar-refractivity contribution in [3.63, 3.8) is 0 Å². The standard InChI is InChI=1S/C14H14FN/c1-10-3-2-4-12(5-10)13-6-11(9-16)7-14(15)8-13/h2-8H,9,16H2,1H3. The van der Waals surface area contributed by atoms with Gasteiger partial charge in [0.05, 0.1) is 0 Å². The summed E-state index contributed by atoms with van der Waals surface area (Å²) in [5.74, 6) is -0.237. The van der Waals surface area contributed by atoms with E-state index in [9.17, 15) is 4.39 Å². The third kappa shape index (κ3) is 2.28. The fourth-order valence-electron chi connectivity index (χ4n) is 1.76. The molecule has 0 saturated heterocycles. The summed E-state index contributed by atoms with van der Waals surface area (Å²) in [4.78, 5) is 0. The highest BCUT2D eigenvalue weighted by atomic mass is 19.1. The molecule has 0 amide bonds. The van der Waals surface area contributed by atoms with Gasteiger partial charge in [-0.1, -0.05) is 29.8 Å². The minimum atomic E-state index is -0.237. The van der Waals surface area contributed by atoms with E-state index in [0.717, 1.165) is 22.3 Å². The quantitative estimate of drug-likeness (QED) is 0.817. The molecule has 0 aromatic heterocycles. The number of halogens is 1. The largest absolute Gasteiger partial charge is 0.326 e. The van der Waals surface area contributed by atoms with Crippen molar-refractivity contribution >= 4 is 0 Å². The maximum absolute atomic E-state index is 13.3. The van der Waals surface area contributed by atoms with Crippen LogP contribution in [0.4, 0.5) is 4.39 Å². The van der Waals surface area contributed by atoms with Crippen LogP contribution in [-0.4, -0.2) is 0 Å². The maximum atomic E-state index is 13.3. The van der Waals surface area contributed by atoms with Crippen LogP contribution in [0.25, 0.3) is 11.1 Å². The molecule has 0 saturated carbocycles. The molecule has 0 aliphatic heterocycles. The molecule has 2 aromatic rings. The Morgan fingerprint density at radius 3 is 2.56 bits per heavy atom. The first-order chi connectivity index (χ1) is 7.69. The molecular weight excluding hydrogens is 201 g/mol. The molecule has 0 fully saturated rings. The molecule has 0 atom stereocenters. The normalized spacial score (nSPS) is 10.4. The van der Waals surface area contributed by atoms with E-state index in [-0.39, 0.29) is 5.82 Å². The number of aryl methyl sites for hydroxylation is 1. The van der Waals surface area contributed by atoms with Crippen LogP contribution in [0.5, 0.6) is 0 Å². The average Bonchev–Trinajstić information content (AvgIpc) is 2.28. The lowest BCUT2D eigenvalue weighted by molar-refractivity contribution is 0.626. The van der Waals surface area contributed by atoms with Gasteiger partial charge in [0.2, 0.25) is 0 Å². The first-order valence-electron chi connectivity index (χ1n) is 5.25. The van der Waals surface area contributed by atoms with E-state index in [4.69, 9.17) is 5.73 Å². The average molecular weight is 215 g/mol. The van der Waals surface area contributed by atoms with E-state index in [1.54, 1.807) is 0 Å². The summed E-state index contributed by atoms with van der Waals surface area (Å²) < 4.78 is 13.3. The predicted molar refractivity (Wildman–Crippen MR) is 64.5 cm³/mol. The summed E-state index contributed by atoms with van der Waals surface area (Å²) in [7, 11) is 0. The second-order valence-corrected chi connectivity index (χ2v) is 3.92. The van der Waals surface area contributed by atoms with Gasteiger partial charge in [-0.2, -0.15) is 0 Å². The van der Waals surface area contributed by atoms with Gasteiger partial charge in [0.1, 0.15) is 5.82 Å². The minimum absolute atomic E-state index is 0.237. The molecule has 0 bridgehead atoms. The second kappa shape index (κ2) is 4.45. The summed E-state index contributed by atoms with van der Waals surface area (Å²) in [6.07, 6.45) is 0. The Morgan fingerprint density at radius 1 is 1.06 bits per heavy atom. The molecule has 0 heterocycles. The zero-order valence-corrected chi connectivity index (χ0v) is 9.20. The second-order valence-electron chi connectivity index (χ2n) is 3.92. The summed E-state index contributed by atoms with van der Waals surface area (Å²) >= 11 is 0. The third-order valence-electron chi connectivity index (χ3n) is 2.54. The third-order valence-corrected chi connectivity index (χ3v) is 2.54. The van der Waals surface area contributed by atoms with Crippen LogP contribution in [0.1, 0.15) is 11.1 Å². The van der Waals surface area contributed by atoms with Gasteiger partial charge in [-0.05, 0) is 41.8 Å². The Bertz CT molecular complexity index is 506. The number of hydrogen-bond acceptors (Lipinski definition) is 1. The van der Waals surface area contributed by atoms with Crippen LogP contribution in [0.3, 0.4) is 0 Å². The van der Waals surface area contributed by atoms with Crippen LogP contribution in [0, 0.1) is 12.7 Å². The van der Waals surface area contributed by atoms with Crippen molar-refractivity contribution in [2.75, 3.05) is 0 Å². The topological polar surface area (TPSA) is 26.0 Å². The highest BCUT2D eigenvalue weighted by Gasteiger charge is 2.02. The first-order valence-corrected chi connectivity index (χ1v) is 5.25. The van der Waals surface area contributed by atoms with E-state index >= 15 is 0 Å². The van der Waals surface area contributed by atoms with Gasteiger partial charge in [0, 0.05) is 6.54 Å². The van der Waals surface area contributed by atoms with Crippen LogP contribution >= 0.6 is 0 Å². The van der Waals surface area contributed by atoms with Crippen LogP contribution in [0.2, 0.25) is 0 Å². The van der Waals surface area contributed by atoms with Gasteiger partial charge < -0.3 is 5.73 Å². The van der Waals surface area contributed by atoms with Crippen molar-refractivity contribution in [3.8, 4) is 11.1 Å². The van der Waals surface area contributed by atoms with Crippen LogP contribution < -0.4 is 5.73 Å². The molecular formula is C14H14FN. The van der Waals surface area contributed by atoms with Gasteiger partial charge in [-0.25, -0.2) is 4.39 Å². The van der Waals surface area contributed by atoms with Gasteiger partial charge in [-0.3, -0.25) is 0 Å². The monoisotopic (exact) mass is 215 g/mol. The Morgan fingerprint density at radius 2 is 1.88 bits per heavy atom. The van der Waals surface area contributed by atoms with Gasteiger partial charge in [0.15, 0.2) is 0 Å². The minimum Gasteiger partial charge on any atom is -0.326 e. The SMILES string of the molecule is Cc1cccc(-c2cc(F)cc(CN)c2)c1. The van der Waals surface area contributed by atoms with Crippen molar-refractivity contribution in [2.45, 2.75) is 13.5 Å². The van der Waals surface area contributed by atoms with Crippen LogP contribution in [-0.2, 0) is 6.54 Å². The molecule has 2 aromatic carbocycles. The van der Waals surface area contributed by atoms with E-state index in [1.807, 2.05) is 37.3 Å². The lowest BCUT2D eigenvalue weighted by Gasteiger charge is -2.05. The fraction of sp³-hybridized carbons (Fsp3) is 0.143. The molecule has 1 nitrogen and oxygen atoms in total. The smallest absolute Gasteiger partial charge is 0.124 e. The molecule has 0 radical (unpaired) electrons. The fourth-order valence-corrected chi connectivity index (χ4v) is 1.76. The maximum Gasteiger partial charge on any atom is 0.124 e. The van der Waals surface area contributed by atoms with Gasteiger partial charge in [-0.15, -0.1) is 0 Å². The molecule has 82 valence electrons. The van der Waals surface area contributed by atoms with Crippen molar-refractivity contribution in [1.82, 2.24) is 0 Å². The number of benzene rings is 2. The number of hydrogen-bond donors (Lipinski definition) is 1. The zero-order chi connectivity index (χ0) is 11.5. The molecule has 2 heteroatoms. The Kier molecular flexibility index (Phi) is 3.02. The summed E-state index contributed by atoms with van der Waals surface area (Å²) in [6.45, 7) is 2.38. The van der Waals surface area contributed by atoms with E-state index < -0.39 is 0 Å². The van der Waals surface area contributed by atoms with Crippen molar-refractivity contribution in [2.24, 2.45) is 5.73 Å². The number of rotatable bonds is 2. The molecule has 0 spiro atoms. The molecule has 0 unspecified atom stereocenters. The summed E-state index contributed by atoms with van der Waals surface area (Å²) in [5.41, 5.74) is 9.41. The van der Waals surface area contributed by atoms with Crippen molar-refractivity contribution in [1.29, 1.82) is 0 Å². The van der Waals surface area contributed by atoms with Crippen molar-refractivity contribution < 1.29 is 4.39 Å². The predicted octanol–water partition coefficient (Wildman–Crippen LogP) is 3.26. The van der Waals surface area contributed by atoms with Gasteiger partial charge >= 0.3 is 0 Å². The highest BCUT2D eigenvalue weighted by molar-refractivity contribution is 5.65. The molecule has 2 rings (SSSR count). The van der Waals surface area contributed by atoms with Crippen molar-refractivity contribution in [3.05, 3.63) is 59.4 Å². The Labute approximate surface area is 94.7 Å². The van der Waals surface area contributed by atoms with Crippen LogP contribution in [0.15, 0.2) is 42.5 Å². The Hall–Kier alpha value is -1.67. The first kappa shape index (κ1) is 10.8. The van der Waals surface area contributed by atoms with E-state index in [0.29, 0.717) is 6.54 Å². The molecule has 0 aliphatic carbocycles. The van der Waals surface area contributed by atoms with E-state index in [1.165, 1.54) is 12.1 Å². The molecule has 2 N–H and O–H groups in total.